The van der Waals surface area contributed by atoms with Gasteiger partial charge in [-0.2, -0.15) is 0 Å². The zero-order chi connectivity index (χ0) is 18.5. The number of halogens is 3. The lowest BCUT2D eigenvalue weighted by Crippen LogP contribution is -2.07. The first-order valence-electron chi connectivity index (χ1n) is 7.93. The summed E-state index contributed by atoms with van der Waals surface area (Å²) < 4.78 is 38.6. The van der Waals surface area contributed by atoms with Crippen molar-refractivity contribution in [3.05, 3.63) is 29.4 Å². The molecular formula is C17H15ClF2N4O2. The molecule has 4 rings (SSSR count). The maximum atomic E-state index is 13.1. The maximum absolute atomic E-state index is 13.1. The highest BCUT2D eigenvalue weighted by molar-refractivity contribution is 6.37. The Morgan fingerprint density at radius 2 is 2.15 bits per heavy atom. The minimum atomic E-state index is -2.66. The van der Waals surface area contributed by atoms with Gasteiger partial charge in [0.1, 0.15) is 0 Å². The first-order chi connectivity index (χ1) is 12.4. The van der Waals surface area contributed by atoms with Gasteiger partial charge < -0.3 is 9.47 Å². The van der Waals surface area contributed by atoms with E-state index in [0.29, 0.717) is 10.9 Å². The number of ether oxygens (including phenoxy) is 2. The summed E-state index contributed by atoms with van der Waals surface area (Å²) in [6.07, 6.45) is 1.46. The standard InChI is InChI=1S/C17H15ClF2N4O2/c1-24-13(7-21-23-24)9-3-4-12-11(5-9)14(18)15(16(22-12)25-2)26-8-10-6-17(10,19)20/h3-5,7,10H,6,8H2,1-2H3. The molecule has 1 aliphatic carbocycles. The smallest absolute Gasteiger partial charge is 0.258 e. The molecule has 26 heavy (non-hydrogen) atoms. The van der Waals surface area contributed by atoms with Gasteiger partial charge in [-0.15, -0.1) is 5.10 Å². The number of hydrogen-bond acceptors (Lipinski definition) is 5. The van der Waals surface area contributed by atoms with Crippen molar-refractivity contribution in [1.82, 2.24) is 20.0 Å². The second kappa shape index (κ2) is 6.05. The SMILES string of the molecule is COc1nc2ccc(-c3cnnn3C)cc2c(Cl)c1OCC1CC1(F)F. The summed E-state index contributed by atoms with van der Waals surface area (Å²) in [4.78, 5) is 4.38. The highest BCUT2D eigenvalue weighted by Crippen LogP contribution is 2.49. The third kappa shape index (κ3) is 2.84. The summed E-state index contributed by atoms with van der Waals surface area (Å²) in [6, 6.07) is 5.50. The van der Waals surface area contributed by atoms with Crippen LogP contribution in [-0.4, -0.2) is 39.6 Å². The van der Waals surface area contributed by atoms with Gasteiger partial charge in [-0.25, -0.2) is 18.4 Å². The molecule has 1 fully saturated rings. The Kier molecular flexibility index (Phi) is 3.95. The number of nitrogens with zero attached hydrogens (tertiary/aromatic N) is 4. The third-order valence-corrected chi connectivity index (χ3v) is 4.81. The minimum Gasteiger partial charge on any atom is -0.486 e. The Balaban J connectivity index is 1.75. The topological polar surface area (TPSA) is 62.1 Å². The van der Waals surface area contributed by atoms with Crippen molar-refractivity contribution < 1.29 is 18.3 Å². The monoisotopic (exact) mass is 380 g/mol. The molecule has 0 spiro atoms. The minimum absolute atomic E-state index is 0.137. The molecule has 2 heterocycles. The number of alkyl halides is 2. The van der Waals surface area contributed by atoms with Crippen LogP contribution in [0.2, 0.25) is 5.02 Å². The molecule has 6 nitrogen and oxygen atoms in total. The molecular weight excluding hydrogens is 366 g/mol. The molecule has 0 aliphatic heterocycles. The largest absolute Gasteiger partial charge is 0.486 e. The van der Waals surface area contributed by atoms with Gasteiger partial charge in [-0.05, 0) is 12.1 Å². The summed E-state index contributed by atoms with van der Waals surface area (Å²) in [5, 5.41) is 8.68. The van der Waals surface area contributed by atoms with Crippen LogP contribution < -0.4 is 9.47 Å². The molecule has 0 bridgehead atoms. The average molecular weight is 381 g/mol. The molecule has 1 unspecified atom stereocenters. The normalized spacial score (nSPS) is 18.1. The summed E-state index contributed by atoms with van der Waals surface area (Å²) in [7, 11) is 3.21. The van der Waals surface area contributed by atoms with E-state index in [4.69, 9.17) is 21.1 Å². The zero-order valence-electron chi connectivity index (χ0n) is 14.0. The highest BCUT2D eigenvalue weighted by atomic mass is 35.5. The number of aromatic nitrogens is 4. The van der Waals surface area contributed by atoms with Gasteiger partial charge in [0.25, 0.3) is 11.8 Å². The number of fused-ring (bicyclic) bond motifs is 1. The zero-order valence-corrected chi connectivity index (χ0v) is 14.8. The number of methoxy groups -OCH3 is 1. The van der Waals surface area contributed by atoms with E-state index >= 15 is 0 Å². The van der Waals surface area contributed by atoms with E-state index in [2.05, 4.69) is 15.3 Å². The molecule has 1 aromatic carbocycles. The maximum Gasteiger partial charge on any atom is 0.258 e. The number of rotatable bonds is 5. The van der Waals surface area contributed by atoms with Crippen LogP contribution in [0, 0.1) is 5.92 Å². The van der Waals surface area contributed by atoms with E-state index in [1.807, 2.05) is 12.1 Å². The summed E-state index contributed by atoms with van der Waals surface area (Å²) in [5.74, 6) is -3.12. The van der Waals surface area contributed by atoms with Crippen molar-refractivity contribution in [2.24, 2.45) is 13.0 Å². The van der Waals surface area contributed by atoms with Crippen LogP contribution in [0.15, 0.2) is 24.4 Å². The Bertz CT molecular complexity index is 992. The van der Waals surface area contributed by atoms with Gasteiger partial charge in [-0.1, -0.05) is 22.9 Å². The summed E-state index contributed by atoms with van der Waals surface area (Å²) in [5.41, 5.74) is 2.26. The van der Waals surface area contributed by atoms with Gasteiger partial charge in [0.05, 0.1) is 42.1 Å². The molecule has 0 N–H and O–H groups in total. The molecule has 136 valence electrons. The van der Waals surface area contributed by atoms with Crippen LogP contribution >= 0.6 is 11.6 Å². The van der Waals surface area contributed by atoms with E-state index in [0.717, 1.165) is 11.3 Å². The molecule has 2 aromatic heterocycles. The number of benzene rings is 1. The van der Waals surface area contributed by atoms with Gasteiger partial charge in [0, 0.05) is 24.4 Å². The molecule has 0 saturated heterocycles. The fraction of sp³-hybridized carbons (Fsp3) is 0.353. The van der Waals surface area contributed by atoms with E-state index in [-0.39, 0.29) is 29.7 Å². The quantitative estimate of drug-likeness (QED) is 0.675. The Hall–Kier alpha value is -2.48. The van der Waals surface area contributed by atoms with Crippen molar-refractivity contribution in [2.45, 2.75) is 12.3 Å². The fourth-order valence-corrected chi connectivity index (χ4v) is 3.08. The van der Waals surface area contributed by atoms with Crippen molar-refractivity contribution >= 4 is 22.5 Å². The molecule has 1 atom stereocenters. The predicted octanol–water partition coefficient (Wildman–Crippen LogP) is 3.73. The number of hydrogen-bond donors (Lipinski definition) is 0. The van der Waals surface area contributed by atoms with Crippen LogP contribution in [0.5, 0.6) is 11.6 Å². The second-order valence-electron chi connectivity index (χ2n) is 6.21. The lowest BCUT2D eigenvalue weighted by Gasteiger charge is -2.14. The second-order valence-corrected chi connectivity index (χ2v) is 6.59. The Morgan fingerprint density at radius 1 is 1.38 bits per heavy atom. The van der Waals surface area contributed by atoms with Crippen molar-refractivity contribution in [1.29, 1.82) is 0 Å². The van der Waals surface area contributed by atoms with E-state index < -0.39 is 11.8 Å². The van der Waals surface area contributed by atoms with Crippen LogP contribution in [-0.2, 0) is 7.05 Å². The molecule has 0 amide bonds. The Morgan fingerprint density at radius 3 is 2.77 bits per heavy atom. The van der Waals surface area contributed by atoms with Gasteiger partial charge in [0.15, 0.2) is 0 Å². The van der Waals surface area contributed by atoms with Gasteiger partial charge in [0.2, 0.25) is 5.75 Å². The van der Waals surface area contributed by atoms with E-state index in [1.165, 1.54) is 7.11 Å². The lowest BCUT2D eigenvalue weighted by atomic mass is 10.1. The number of pyridine rings is 1. The first-order valence-corrected chi connectivity index (χ1v) is 8.31. The van der Waals surface area contributed by atoms with Crippen LogP contribution in [0.3, 0.4) is 0 Å². The van der Waals surface area contributed by atoms with Crippen molar-refractivity contribution in [3.8, 4) is 22.9 Å². The molecule has 0 radical (unpaired) electrons. The summed E-state index contributed by atoms with van der Waals surface area (Å²) >= 11 is 6.50. The van der Waals surface area contributed by atoms with Crippen LogP contribution in [0.25, 0.3) is 22.2 Å². The average Bonchev–Trinajstić information content (AvgIpc) is 3.00. The summed E-state index contributed by atoms with van der Waals surface area (Å²) in [6.45, 7) is -0.137. The molecule has 1 saturated carbocycles. The number of aryl methyl sites for hydroxylation is 1. The van der Waals surface area contributed by atoms with E-state index in [9.17, 15) is 8.78 Å². The molecule has 1 aliphatic rings. The van der Waals surface area contributed by atoms with Crippen molar-refractivity contribution in [2.75, 3.05) is 13.7 Å². The highest BCUT2D eigenvalue weighted by Gasteiger charge is 2.57. The third-order valence-electron chi connectivity index (χ3n) is 4.44. The fourth-order valence-electron chi connectivity index (χ4n) is 2.79. The Labute approximate surface area is 152 Å². The van der Waals surface area contributed by atoms with Crippen LogP contribution in [0.4, 0.5) is 8.78 Å². The van der Waals surface area contributed by atoms with Gasteiger partial charge in [-0.3, -0.25) is 0 Å². The van der Waals surface area contributed by atoms with E-state index in [1.54, 1.807) is 24.0 Å². The lowest BCUT2D eigenvalue weighted by molar-refractivity contribution is 0.0851. The molecule has 3 aromatic rings. The predicted molar refractivity (Wildman–Crippen MR) is 91.9 cm³/mol. The molecule has 9 heteroatoms. The van der Waals surface area contributed by atoms with Gasteiger partial charge >= 0.3 is 0 Å². The van der Waals surface area contributed by atoms with Crippen LogP contribution in [0.1, 0.15) is 6.42 Å². The van der Waals surface area contributed by atoms with Crippen molar-refractivity contribution in [3.63, 3.8) is 0 Å². The first kappa shape index (κ1) is 17.0.